The van der Waals surface area contributed by atoms with Crippen molar-refractivity contribution in [2.75, 3.05) is 0 Å². The minimum absolute atomic E-state index is 0.267. The number of hydrogen-bond donors (Lipinski definition) is 1. The summed E-state index contributed by atoms with van der Waals surface area (Å²) in [6.07, 6.45) is 0.574. The third-order valence-corrected chi connectivity index (χ3v) is 3.08. The van der Waals surface area contributed by atoms with E-state index in [-0.39, 0.29) is 11.8 Å². The zero-order chi connectivity index (χ0) is 13.4. The summed E-state index contributed by atoms with van der Waals surface area (Å²) < 4.78 is 10.5. The lowest BCUT2D eigenvalue weighted by atomic mass is 10.2. The summed E-state index contributed by atoms with van der Waals surface area (Å²) in [6, 6.07) is 7.06. The Morgan fingerprint density at radius 1 is 1.26 bits per heavy atom. The van der Waals surface area contributed by atoms with Gasteiger partial charge in [-0.15, -0.1) is 0 Å². The average molecular weight is 279 g/mol. The summed E-state index contributed by atoms with van der Waals surface area (Å²) in [5.74, 6) is 0.484. The molecule has 1 aromatic heterocycles. The van der Waals surface area contributed by atoms with Gasteiger partial charge in [0.2, 0.25) is 0 Å². The van der Waals surface area contributed by atoms with Gasteiger partial charge in [0.05, 0.1) is 5.56 Å². The smallest absolute Gasteiger partial charge is 0.259 e. The van der Waals surface area contributed by atoms with Crippen LogP contribution in [0.1, 0.15) is 18.8 Å². The van der Waals surface area contributed by atoms with Gasteiger partial charge in [-0.1, -0.05) is 11.6 Å². The zero-order valence-corrected chi connectivity index (χ0v) is 10.8. The number of hydrogen-bond acceptors (Lipinski definition) is 4. The molecule has 1 saturated heterocycles. The predicted molar refractivity (Wildman–Crippen MR) is 69.7 cm³/mol. The predicted octanol–water partition coefficient (Wildman–Crippen LogP) is 2.48. The molecule has 0 atom stereocenters. The van der Waals surface area contributed by atoms with Gasteiger partial charge in [-0.05, 0) is 31.2 Å². The van der Waals surface area contributed by atoms with Gasteiger partial charge >= 0.3 is 0 Å². The first-order valence-electron chi connectivity index (χ1n) is 5.79. The number of rotatable bonds is 2. The van der Waals surface area contributed by atoms with E-state index >= 15 is 0 Å². The Hall–Kier alpha value is -1.69. The Bertz CT molecular complexity index is 648. The quantitative estimate of drug-likeness (QED) is 0.917. The molecule has 1 aliphatic rings. The van der Waals surface area contributed by atoms with Gasteiger partial charge in [0.25, 0.3) is 5.56 Å². The SMILES string of the molecule is CC1OC(c2cnc(-c3ccc(Cl)cc3)[nH]c2=O)O1. The fourth-order valence-corrected chi connectivity index (χ4v) is 1.96. The maximum atomic E-state index is 11.9. The lowest BCUT2D eigenvalue weighted by molar-refractivity contribution is -0.383. The maximum Gasteiger partial charge on any atom is 0.259 e. The third-order valence-electron chi connectivity index (χ3n) is 2.83. The second-order valence-electron chi connectivity index (χ2n) is 4.19. The molecule has 1 N–H and O–H groups in total. The topological polar surface area (TPSA) is 64.2 Å². The summed E-state index contributed by atoms with van der Waals surface area (Å²) in [5.41, 5.74) is 0.893. The van der Waals surface area contributed by atoms with Crippen LogP contribution in [0.5, 0.6) is 0 Å². The molecule has 1 fully saturated rings. The number of aromatic nitrogens is 2. The normalized spacial score (nSPS) is 22.0. The minimum Gasteiger partial charge on any atom is -0.319 e. The highest BCUT2D eigenvalue weighted by Crippen LogP contribution is 2.29. The molecule has 0 radical (unpaired) electrons. The lowest BCUT2D eigenvalue weighted by Gasteiger charge is -2.32. The Morgan fingerprint density at radius 3 is 2.53 bits per heavy atom. The van der Waals surface area contributed by atoms with Crippen LogP contribution >= 0.6 is 11.6 Å². The van der Waals surface area contributed by atoms with Gasteiger partial charge in [-0.2, -0.15) is 0 Å². The van der Waals surface area contributed by atoms with Crippen LogP contribution < -0.4 is 5.56 Å². The number of benzene rings is 1. The molecule has 0 bridgehead atoms. The van der Waals surface area contributed by atoms with Gasteiger partial charge in [0, 0.05) is 16.8 Å². The minimum atomic E-state index is -0.620. The van der Waals surface area contributed by atoms with Gasteiger partial charge < -0.3 is 14.5 Å². The number of H-pyrrole nitrogens is 1. The van der Waals surface area contributed by atoms with Crippen LogP contribution in [0.3, 0.4) is 0 Å². The highest BCUT2D eigenvalue weighted by molar-refractivity contribution is 6.30. The second kappa shape index (κ2) is 4.77. The monoisotopic (exact) mass is 278 g/mol. The summed E-state index contributed by atoms with van der Waals surface area (Å²) in [5, 5.41) is 0.632. The molecule has 0 saturated carbocycles. The van der Waals surface area contributed by atoms with E-state index in [1.165, 1.54) is 6.20 Å². The third kappa shape index (κ3) is 2.40. The van der Waals surface area contributed by atoms with Crippen LogP contribution in [-0.4, -0.2) is 16.3 Å². The van der Waals surface area contributed by atoms with Gasteiger partial charge in [0.1, 0.15) is 5.82 Å². The highest BCUT2D eigenvalue weighted by atomic mass is 35.5. The van der Waals surface area contributed by atoms with Crippen molar-refractivity contribution in [2.24, 2.45) is 0 Å². The summed E-state index contributed by atoms with van der Waals surface area (Å²) in [4.78, 5) is 18.9. The van der Waals surface area contributed by atoms with Gasteiger partial charge in [-0.3, -0.25) is 4.79 Å². The van der Waals surface area contributed by atoms with Crippen LogP contribution in [0.4, 0.5) is 0 Å². The molecule has 1 aliphatic heterocycles. The average Bonchev–Trinajstić information content (AvgIpc) is 2.36. The molecular formula is C13H11ClN2O3. The Morgan fingerprint density at radius 2 is 1.95 bits per heavy atom. The van der Waals surface area contributed by atoms with E-state index in [1.54, 1.807) is 31.2 Å². The molecular weight excluding hydrogens is 268 g/mol. The number of nitrogens with zero attached hydrogens (tertiary/aromatic N) is 1. The van der Waals surface area contributed by atoms with E-state index in [4.69, 9.17) is 21.1 Å². The number of ether oxygens (including phenoxy) is 2. The van der Waals surface area contributed by atoms with Crippen LogP contribution in [0.15, 0.2) is 35.3 Å². The van der Waals surface area contributed by atoms with Crippen molar-refractivity contribution in [2.45, 2.75) is 19.5 Å². The first kappa shape index (κ1) is 12.3. The van der Waals surface area contributed by atoms with Crippen molar-refractivity contribution in [1.82, 2.24) is 9.97 Å². The fourth-order valence-electron chi connectivity index (χ4n) is 1.83. The number of halogens is 1. The summed E-state index contributed by atoms with van der Waals surface area (Å²) >= 11 is 5.81. The summed E-state index contributed by atoms with van der Waals surface area (Å²) in [6.45, 7) is 1.76. The molecule has 98 valence electrons. The molecule has 0 aliphatic carbocycles. The molecule has 2 aromatic rings. The van der Waals surface area contributed by atoms with Crippen molar-refractivity contribution >= 4 is 11.6 Å². The standard InChI is InChI=1S/C13H11ClN2O3/c1-7-18-13(19-7)10-6-15-11(16-12(10)17)8-2-4-9(14)5-3-8/h2-7,13H,1H3,(H,15,16,17). The largest absolute Gasteiger partial charge is 0.319 e. The maximum absolute atomic E-state index is 11.9. The first-order valence-corrected chi connectivity index (χ1v) is 6.17. The first-order chi connectivity index (χ1) is 9.13. The van der Waals surface area contributed by atoms with Crippen molar-refractivity contribution in [3.8, 4) is 11.4 Å². The van der Waals surface area contributed by atoms with E-state index in [2.05, 4.69) is 9.97 Å². The van der Waals surface area contributed by atoms with Crippen LogP contribution in [0.2, 0.25) is 5.02 Å². The number of aromatic amines is 1. The van der Waals surface area contributed by atoms with Gasteiger partial charge in [-0.25, -0.2) is 4.98 Å². The Balaban J connectivity index is 1.91. The fraction of sp³-hybridized carbons (Fsp3) is 0.231. The van der Waals surface area contributed by atoms with Crippen molar-refractivity contribution < 1.29 is 9.47 Å². The van der Waals surface area contributed by atoms with Crippen LogP contribution in [0, 0.1) is 0 Å². The Labute approximate surface area is 114 Å². The van der Waals surface area contributed by atoms with E-state index in [0.717, 1.165) is 5.56 Å². The summed E-state index contributed by atoms with van der Waals surface area (Å²) in [7, 11) is 0. The van der Waals surface area contributed by atoms with E-state index in [0.29, 0.717) is 16.4 Å². The van der Waals surface area contributed by atoms with Crippen molar-refractivity contribution in [3.05, 3.63) is 51.4 Å². The molecule has 19 heavy (non-hydrogen) atoms. The molecule has 0 spiro atoms. The van der Waals surface area contributed by atoms with E-state index < -0.39 is 6.29 Å². The molecule has 0 amide bonds. The zero-order valence-electron chi connectivity index (χ0n) is 10.1. The number of nitrogens with one attached hydrogen (secondary N) is 1. The van der Waals surface area contributed by atoms with Crippen molar-refractivity contribution in [3.63, 3.8) is 0 Å². The van der Waals surface area contributed by atoms with Crippen molar-refractivity contribution in [1.29, 1.82) is 0 Å². The Kier molecular flexibility index (Phi) is 3.10. The molecule has 2 heterocycles. The van der Waals surface area contributed by atoms with Crippen LogP contribution in [-0.2, 0) is 9.47 Å². The second-order valence-corrected chi connectivity index (χ2v) is 4.63. The van der Waals surface area contributed by atoms with E-state index in [9.17, 15) is 4.79 Å². The lowest BCUT2D eigenvalue weighted by Crippen LogP contribution is -2.35. The molecule has 6 heteroatoms. The van der Waals surface area contributed by atoms with E-state index in [1.807, 2.05) is 0 Å². The highest BCUT2D eigenvalue weighted by Gasteiger charge is 2.31. The molecule has 5 nitrogen and oxygen atoms in total. The van der Waals surface area contributed by atoms with Crippen LogP contribution in [0.25, 0.3) is 11.4 Å². The molecule has 0 unspecified atom stereocenters. The van der Waals surface area contributed by atoms with Gasteiger partial charge in [0.15, 0.2) is 12.6 Å². The molecule has 1 aromatic carbocycles. The molecule has 3 rings (SSSR count).